The maximum atomic E-state index is 12.3. The fourth-order valence-electron chi connectivity index (χ4n) is 4.40. The van der Waals surface area contributed by atoms with Gasteiger partial charge in [0.1, 0.15) is 19.0 Å². The molecular weight excluding hydrogens is 434 g/mol. The molecule has 1 amide bonds. The molecule has 0 aliphatic heterocycles. The van der Waals surface area contributed by atoms with Gasteiger partial charge < -0.3 is 14.8 Å². The normalized spacial score (nSPS) is 12.2. The first-order chi connectivity index (χ1) is 17.3. The zero-order valence-electron chi connectivity index (χ0n) is 19.4. The highest BCUT2D eigenvalue weighted by molar-refractivity contribution is 5.79. The van der Waals surface area contributed by atoms with Gasteiger partial charge in [0.05, 0.1) is 0 Å². The van der Waals surface area contributed by atoms with Crippen LogP contribution in [0.4, 0.5) is 4.79 Å². The van der Waals surface area contributed by atoms with Gasteiger partial charge in [-0.3, -0.25) is 0 Å². The number of hydrogen-bond donors (Lipinski definition) is 1. The van der Waals surface area contributed by atoms with Crippen molar-refractivity contribution in [2.24, 2.45) is 0 Å². The van der Waals surface area contributed by atoms with Crippen LogP contribution in [0.2, 0.25) is 0 Å². The number of rotatable bonds is 8. The van der Waals surface area contributed by atoms with Crippen LogP contribution in [0.1, 0.15) is 28.2 Å². The van der Waals surface area contributed by atoms with Gasteiger partial charge in [-0.05, 0) is 45.5 Å². The smallest absolute Gasteiger partial charge is 0.407 e. The monoisotopic (exact) mass is 461 g/mol. The summed E-state index contributed by atoms with van der Waals surface area (Å²) < 4.78 is 11.4. The molecule has 0 spiro atoms. The molecule has 0 aromatic heterocycles. The Morgan fingerprint density at radius 3 is 2.09 bits per heavy atom. The van der Waals surface area contributed by atoms with Gasteiger partial charge in [0.2, 0.25) is 0 Å². The third-order valence-electron chi connectivity index (χ3n) is 6.15. The molecule has 35 heavy (non-hydrogen) atoms. The van der Waals surface area contributed by atoms with E-state index in [1.807, 2.05) is 91.0 Å². The summed E-state index contributed by atoms with van der Waals surface area (Å²) in [5, 5.41) is 2.80. The Morgan fingerprint density at radius 2 is 1.40 bits per heavy atom. The van der Waals surface area contributed by atoms with Gasteiger partial charge in [0, 0.05) is 12.5 Å². The predicted octanol–water partition coefficient (Wildman–Crippen LogP) is 6.82. The van der Waals surface area contributed by atoms with Crippen LogP contribution >= 0.6 is 0 Å². The molecule has 1 aliphatic carbocycles. The van der Waals surface area contributed by atoms with Crippen molar-refractivity contribution < 1.29 is 14.3 Å². The summed E-state index contributed by atoms with van der Waals surface area (Å²) in [4.78, 5) is 12.3. The van der Waals surface area contributed by atoms with Crippen molar-refractivity contribution in [1.82, 2.24) is 5.32 Å². The molecule has 0 fully saturated rings. The van der Waals surface area contributed by atoms with Crippen LogP contribution in [0.5, 0.6) is 5.75 Å². The predicted molar refractivity (Wildman–Crippen MR) is 139 cm³/mol. The quantitative estimate of drug-likeness (QED) is 0.313. The van der Waals surface area contributed by atoms with E-state index in [2.05, 4.69) is 29.6 Å². The number of hydrogen-bond acceptors (Lipinski definition) is 3. The summed E-state index contributed by atoms with van der Waals surface area (Å²) in [7, 11) is 0. The fraction of sp³-hybridized carbons (Fsp3) is 0.129. The van der Waals surface area contributed by atoms with Crippen molar-refractivity contribution in [2.75, 3.05) is 13.2 Å². The SMILES string of the molecule is O=C(NCC=Cc1ccc(OCc2ccccc2)cc1)OCC1c2ccccc2-c2ccccc21. The lowest BCUT2D eigenvalue weighted by atomic mass is 9.98. The molecule has 4 aromatic carbocycles. The Hall–Kier alpha value is -4.31. The lowest BCUT2D eigenvalue weighted by Crippen LogP contribution is -2.26. The van der Waals surface area contributed by atoms with Gasteiger partial charge >= 0.3 is 6.09 Å². The fourth-order valence-corrected chi connectivity index (χ4v) is 4.40. The summed E-state index contributed by atoms with van der Waals surface area (Å²) in [6.07, 6.45) is 3.45. The minimum absolute atomic E-state index is 0.0614. The van der Waals surface area contributed by atoms with Gasteiger partial charge in [0.25, 0.3) is 0 Å². The number of ether oxygens (including phenoxy) is 2. The molecule has 0 radical (unpaired) electrons. The number of carbonyl (C=O) groups is 1. The van der Waals surface area contributed by atoms with Crippen molar-refractivity contribution >= 4 is 12.2 Å². The Bertz CT molecular complexity index is 1270. The van der Waals surface area contributed by atoms with Gasteiger partial charge in [-0.15, -0.1) is 0 Å². The minimum Gasteiger partial charge on any atom is -0.489 e. The van der Waals surface area contributed by atoms with E-state index in [9.17, 15) is 4.79 Å². The van der Waals surface area contributed by atoms with Crippen molar-refractivity contribution in [3.8, 4) is 16.9 Å². The molecule has 0 saturated heterocycles. The number of benzene rings is 4. The lowest BCUT2D eigenvalue weighted by molar-refractivity contribution is 0.144. The summed E-state index contributed by atoms with van der Waals surface area (Å²) in [6, 6.07) is 34.6. The van der Waals surface area contributed by atoms with Gasteiger partial charge in [-0.25, -0.2) is 4.79 Å². The number of nitrogens with one attached hydrogen (secondary N) is 1. The van der Waals surface area contributed by atoms with E-state index in [0.29, 0.717) is 19.8 Å². The van der Waals surface area contributed by atoms with E-state index in [0.717, 1.165) is 16.9 Å². The van der Waals surface area contributed by atoms with Crippen molar-refractivity contribution in [2.45, 2.75) is 12.5 Å². The van der Waals surface area contributed by atoms with Gasteiger partial charge in [-0.1, -0.05) is 103 Å². The zero-order valence-corrected chi connectivity index (χ0v) is 19.4. The number of amides is 1. The first-order valence-electron chi connectivity index (χ1n) is 11.8. The van der Waals surface area contributed by atoms with Gasteiger partial charge in [-0.2, -0.15) is 0 Å². The number of fused-ring (bicyclic) bond motifs is 3. The highest BCUT2D eigenvalue weighted by Crippen LogP contribution is 2.44. The molecule has 1 N–H and O–H groups in total. The Labute approximate surface area is 205 Å². The van der Waals surface area contributed by atoms with Crippen LogP contribution in [0.3, 0.4) is 0 Å². The maximum Gasteiger partial charge on any atom is 0.407 e. The number of alkyl carbamates (subject to hydrolysis) is 1. The third-order valence-corrected chi connectivity index (χ3v) is 6.15. The van der Waals surface area contributed by atoms with Crippen LogP contribution in [0, 0.1) is 0 Å². The van der Waals surface area contributed by atoms with E-state index >= 15 is 0 Å². The second-order valence-electron chi connectivity index (χ2n) is 8.45. The number of carbonyl (C=O) groups excluding carboxylic acids is 1. The summed E-state index contributed by atoms with van der Waals surface area (Å²) >= 11 is 0. The molecule has 0 unspecified atom stereocenters. The lowest BCUT2D eigenvalue weighted by Gasteiger charge is -2.14. The summed E-state index contributed by atoms with van der Waals surface area (Å²) in [5.41, 5.74) is 7.02. The molecule has 5 rings (SSSR count). The van der Waals surface area contributed by atoms with E-state index < -0.39 is 6.09 Å². The topological polar surface area (TPSA) is 47.6 Å². The van der Waals surface area contributed by atoms with Crippen LogP contribution in [-0.2, 0) is 11.3 Å². The van der Waals surface area contributed by atoms with E-state index in [-0.39, 0.29) is 5.92 Å². The van der Waals surface area contributed by atoms with Crippen molar-refractivity contribution in [3.63, 3.8) is 0 Å². The molecule has 174 valence electrons. The summed E-state index contributed by atoms with van der Waals surface area (Å²) in [5.74, 6) is 0.883. The maximum absolute atomic E-state index is 12.3. The molecule has 4 nitrogen and oxygen atoms in total. The Balaban J connectivity index is 1.08. The third kappa shape index (κ3) is 5.44. The first kappa shape index (κ1) is 22.5. The van der Waals surface area contributed by atoms with E-state index in [4.69, 9.17) is 9.47 Å². The zero-order chi connectivity index (χ0) is 23.9. The van der Waals surface area contributed by atoms with Gasteiger partial charge in [0.15, 0.2) is 0 Å². The highest BCUT2D eigenvalue weighted by atomic mass is 16.5. The standard InChI is InChI=1S/C31H27NO3/c33-31(35-22-30-28-14-6-4-12-26(28)27-13-5-7-15-29(27)30)32-20-8-11-23-16-18-25(19-17-23)34-21-24-9-2-1-3-10-24/h1-19,30H,20-22H2,(H,32,33). The van der Waals surface area contributed by atoms with Crippen LogP contribution < -0.4 is 10.1 Å². The molecule has 0 atom stereocenters. The molecular formula is C31H27NO3. The van der Waals surface area contributed by atoms with E-state index in [1.165, 1.54) is 22.3 Å². The molecule has 0 heterocycles. The highest BCUT2D eigenvalue weighted by Gasteiger charge is 2.28. The Morgan fingerprint density at radius 1 is 0.771 bits per heavy atom. The van der Waals surface area contributed by atoms with Crippen LogP contribution in [-0.4, -0.2) is 19.2 Å². The average Bonchev–Trinajstić information content (AvgIpc) is 3.24. The largest absolute Gasteiger partial charge is 0.489 e. The minimum atomic E-state index is -0.416. The Kier molecular flexibility index (Phi) is 6.90. The molecule has 4 aromatic rings. The van der Waals surface area contributed by atoms with Crippen molar-refractivity contribution in [3.05, 3.63) is 131 Å². The second kappa shape index (κ2) is 10.7. The van der Waals surface area contributed by atoms with Crippen LogP contribution in [0.25, 0.3) is 17.2 Å². The first-order valence-corrected chi connectivity index (χ1v) is 11.8. The second-order valence-corrected chi connectivity index (χ2v) is 8.45. The molecule has 4 heteroatoms. The van der Waals surface area contributed by atoms with Crippen LogP contribution in [0.15, 0.2) is 109 Å². The molecule has 1 aliphatic rings. The summed E-state index contributed by atoms with van der Waals surface area (Å²) in [6.45, 7) is 1.25. The molecule has 0 saturated carbocycles. The van der Waals surface area contributed by atoms with E-state index in [1.54, 1.807) is 0 Å². The van der Waals surface area contributed by atoms with Crippen molar-refractivity contribution in [1.29, 1.82) is 0 Å². The molecule has 0 bridgehead atoms. The average molecular weight is 462 g/mol.